The molecule has 2 rings (SSSR count). The molecular weight excluding hydrogens is 378 g/mol. The lowest BCUT2D eigenvalue weighted by molar-refractivity contribution is 0.682. The summed E-state index contributed by atoms with van der Waals surface area (Å²) in [4.78, 5) is 0. The second kappa shape index (κ2) is 6.42. The van der Waals surface area contributed by atoms with Gasteiger partial charge in [0, 0.05) is 8.95 Å². The highest BCUT2D eigenvalue weighted by Crippen LogP contribution is 2.31. The van der Waals surface area contributed by atoms with E-state index in [9.17, 15) is 0 Å². The van der Waals surface area contributed by atoms with Crippen molar-refractivity contribution in [3.63, 3.8) is 0 Å². The van der Waals surface area contributed by atoms with Crippen LogP contribution in [0.25, 0.3) is 0 Å². The van der Waals surface area contributed by atoms with E-state index in [2.05, 4.69) is 88.3 Å². The molecule has 0 radical (unpaired) electrons. The molecule has 0 aliphatic heterocycles. The summed E-state index contributed by atoms with van der Waals surface area (Å²) in [6.45, 7) is 6.46. The maximum absolute atomic E-state index is 3.60. The summed E-state index contributed by atoms with van der Waals surface area (Å²) in [5.41, 5.74) is 6.50. The van der Waals surface area contributed by atoms with Crippen LogP contribution >= 0.6 is 31.9 Å². The quantitative estimate of drug-likeness (QED) is 0.727. The predicted molar refractivity (Wildman–Crippen MR) is 93.4 cm³/mol. The van der Waals surface area contributed by atoms with Gasteiger partial charge in [0.15, 0.2) is 0 Å². The number of aryl methyl sites for hydroxylation is 3. The highest BCUT2D eigenvalue weighted by atomic mass is 79.9. The molecule has 20 heavy (non-hydrogen) atoms. The zero-order valence-electron chi connectivity index (χ0n) is 12.2. The van der Waals surface area contributed by atoms with Gasteiger partial charge in [-0.2, -0.15) is 0 Å². The Labute approximate surface area is 138 Å². The Morgan fingerprint density at radius 2 is 1.50 bits per heavy atom. The number of rotatable bonds is 3. The molecule has 1 N–H and O–H groups in total. The van der Waals surface area contributed by atoms with Crippen LogP contribution in [0.3, 0.4) is 0 Å². The number of benzene rings is 2. The largest absolute Gasteiger partial charge is 0.309 e. The van der Waals surface area contributed by atoms with Crippen molar-refractivity contribution < 1.29 is 0 Å². The molecule has 3 heteroatoms. The Hall–Kier alpha value is -0.640. The van der Waals surface area contributed by atoms with Crippen LogP contribution in [0.2, 0.25) is 0 Å². The van der Waals surface area contributed by atoms with Gasteiger partial charge in [0.05, 0.1) is 6.04 Å². The molecule has 0 aliphatic rings. The van der Waals surface area contributed by atoms with E-state index in [0.717, 1.165) is 4.47 Å². The summed E-state index contributed by atoms with van der Waals surface area (Å²) in [7, 11) is 2.02. The van der Waals surface area contributed by atoms with Gasteiger partial charge >= 0.3 is 0 Å². The van der Waals surface area contributed by atoms with Crippen molar-refractivity contribution >= 4 is 31.9 Å². The summed E-state index contributed by atoms with van der Waals surface area (Å²) in [5, 5.41) is 3.45. The predicted octanol–water partition coefficient (Wildman–Crippen LogP) is 5.45. The van der Waals surface area contributed by atoms with Crippen LogP contribution in [-0.2, 0) is 0 Å². The Bertz CT molecular complexity index is 635. The lowest BCUT2D eigenvalue weighted by atomic mass is 9.91. The van der Waals surface area contributed by atoms with E-state index in [-0.39, 0.29) is 6.04 Å². The molecule has 0 amide bonds. The number of hydrogen-bond donors (Lipinski definition) is 1. The Morgan fingerprint density at radius 1 is 0.850 bits per heavy atom. The third kappa shape index (κ3) is 3.16. The van der Waals surface area contributed by atoms with Gasteiger partial charge in [-0.1, -0.05) is 44.0 Å². The summed E-state index contributed by atoms with van der Waals surface area (Å²) in [6.07, 6.45) is 0. The second-order valence-corrected chi connectivity index (χ2v) is 6.95. The minimum atomic E-state index is 0.217. The lowest BCUT2D eigenvalue weighted by Gasteiger charge is -2.22. The smallest absolute Gasteiger partial charge is 0.0579 e. The molecule has 1 nitrogen and oxygen atoms in total. The molecule has 0 saturated carbocycles. The number of halogens is 2. The molecule has 0 aromatic heterocycles. The van der Waals surface area contributed by atoms with E-state index in [1.165, 1.54) is 32.3 Å². The Morgan fingerprint density at radius 3 is 2.10 bits per heavy atom. The van der Waals surface area contributed by atoms with E-state index in [1.807, 2.05) is 7.05 Å². The van der Waals surface area contributed by atoms with Gasteiger partial charge in [-0.05, 0) is 73.8 Å². The Balaban J connectivity index is 2.55. The molecular formula is C17H19Br2N. The number of hydrogen-bond acceptors (Lipinski definition) is 1. The molecule has 0 heterocycles. The maximum atomic E-state index is 3.60. The molecule has 1 atom stereocenters. The SMILES string of the molecule is CNC(c1ccc(Br)cc1C)c1cc(C)c(Br)cc1C. The van der Waals surface area contributed by atoms with Gasteiger partial charge in [-0.3, -0.25) is 0 Å². The molecule has 0 spiro atoms. The molecule has 1 unspecified atom stereocenters. The first kappa shape index (κ1) is 15.7. The molecule has 0 bridgehead atoms. The summed E-state index contributed by atoms with van der Waals surface area (Å²) in [5.74, 6) is 0. The standard InChI is InChI=1S/C17H19Br2N/c1-10-7-13(18)5-6-14(10)17(20-4)15-8-12(3)16(19)9-11(15)2/h5-9,17,20H,1-4H3. The molecule has 2 aromatic carbocycles. The van der Waals surface area contributed by atoms with Crippen molar-refractivity contribution in [3.8, 4) is 0 Å². The zero-order valence-corrected chi connectivity index (χ0v) is 15.4. The zero-order chi connectivity index (χ0) is 14.9. The second-order valence-electron chi connectivity index (χ2n) is 5.18. The van der Waals surface area contributed by atoms with Crippen LogP contribution in [0.4, 0.5) is 0 Å². The van der Waals surface area contributed by atoms with Crippen molar-refractivity contribution in [3.05, 3.63) is 67.1 Å². The van der Waals surface area contributed by atoms with E-state index in [4.69, 9.17) is 0 Å². The van der Waals surface area contributed by atoms with Crippen LogP contribution < -0.4 is 5.32 Å². The van der Waals surface area contributed by atoms with Crippen molar-refractivity contribution in [2.45, 2.75) is 26.8 Å². The summed E-state index contributed by atoms with van der Waals surface area (Å²) in [6, 6.07) is 11.1. The normalized spacial score (nSPS) is 12.5. The van der Waals surface area contributed by atoms with Crippen LogP contribution in [0.15, 0.2) is 39.3 Å². The van der Waals surface area contributed by atoms with Crippen molar-refractivity contribution in [2.24, 2.45) is 0 Å². The van der Waals surface area contributed by atoms with E-state index >= 15 is 0 Å². The van der Waals surface area contributed by atoms with E-state index in [0.29, 0.717) is 0 Å². The first-order chi connectivity index (χ1) is 9.43. The van der Waals surface area contributed by atoms with Crippen molar-refractivity contribution in [2.75, 3.05) is 7.05 Å². The molecule has 2 aromatic rings. The van der Waals surface area contributed by atoms with E-state index in [1.54, 1.807) is 0 Å². The van der Waals surface area contributed by atoms with Crippen LogP contribution in [0.1, 0.15) is 33.9 Å². The molecule has 106 valence electrons. The molecule has 0 saturated heterocycles. The van der Waals surface area contributed by atoms with Crippen molar-refractivity contribution in [1.82, 2.24) is 5.32 Å². The summed E-state index contributed by atoms with van der Waals surface area (Å²) < 4.78 is 2.29. The Kier molecular flexibility index (Phi) is 5.05. The third-order valence-corrected chi connectivity index (χ3v) is 5.04. The van der Waals surface area contributed by atoms with Crippen molar-refractivity contribution in [1.29, 1.82) is 0 Å². The van der Waals surface area contributed by atoms with Gasteiger partial charge in [0.25, 0.3) is 0 Å². The fraction of sp³-hybridized carbons (Fsp3) is 0.294. The highest BCUT2D eigenvalue weighted by molar-refractivity contribution is 9.10. The van der Waals surface area contributed by atoms with Crippen LogP contribution in [-0.4, -0.2) is 7.05 Å². The van der Waals surface area contributed by atoms with Crippen LogP contribution in [0.5, 0.6) is 0 Å². The monoisotopic (exact) mass is 395 g/mol. The third-order valence-electron chi connectivity index (χ3n) is 3.69. The van der Waals surface area contributed by atoms with Gasteiger partial charge in [-0.25, -0.2) is 0 Å². The maximum Gasteiger partial charge on any atom is 0.0579 e. The summed E-state index contributed by atoms with van der Waals surface area (Å²) >= 11 is 7.14. The fourth-order valence-electron chi connectivity index (χ4n) is 2.56. The van der Waals surface area contributed by atoms with Crippen LogP contribution in [0, 0.1) is 20.8 Å². The highest BCUT2D eigenvalue weighted by Gasteiger charge is 2.17. The number of nitrogens with one attached hydrogen (secondary N) is 1. The van der Waals surface area contributed by atoms with E-state index < -0.39 is 0 Å². The fourth-order valence-corrected chi connectivity index (χ4v) is 3.49. The molecule has 0 aliphatic carbocycles. The van der Waals surface area contributed by atoms with Gasteiger partial charge in [0.2, 0.25) is 0 Å². The van der Waals surface area contributed by atoms with Gasteiger partial charge < -0.3 is 5.32 Å². The first-order valence-electron chi connectivity index (χ1n) is 6.64. The average molecular weight is 397 g/mol. The average Bonchev–Trinajstić information content (AvgIpc) is 2.38. The minimum Gasteiger partial charge on any atom is -0.309 e. The van der Waals surface area contributed by atoms with Gasteiger partial charge in [0.1, 0.15) is 0 Å². The first-order valence-corrected chi connectivity index (χ1v) is 8.22. The van der Waals surface area contributed by atoms with Gasteiger partial charge in [-0.15, -0.1) is 0 Å². The topological polar surface area (TPSA) is 12.0 Å². The molecule has 0 fully saturated rings. The lowest BCUT2D eigenvalue weighted by Crippen LogP contribution is -2.20. The minimum absolute atomic E-state index is 0.217.